The summed E-state index contributed by atoms with van der Waals surface area (Å²) in [6.07, 6.45) is 1.68. The minimum Gasteiger partial charge on any atom is -0.272 e. The summed E-state index contributed by atoms with van der Waals surface area (Å²) < 4.78 is 0. The molecule has 1 nitrogen and oxygen atoms in total. The van der Waals surface area contributed by atoms with E-state index in [0.29, 0.717) is 0 Å². The maximum absolute atomic E-state index is 3.82. The molecule has 0 aliphatic carbocycles. The van der Waals surface area contributed by atoms with Crippen LogP contribution in [0.3, 0.4) is 0 Å². The molecular formula is C9H13N. The van der Waals surface area contributed by atoms with Gasteiger partial charge in [0.15, 0.2) is 0 Å². The van der Waals surface area contributed by atoms with Gasteiger partial charge in [-0.15, -0.1) is 0 Å². The van der Waals surface area contributed by atoms with E-state index in [9.17, 15) is 0 Å². The predicted octanol–water partition coefficient (Wildman–Crippen LogP) is 2.72. The van der Waals surface area contributed by atoms with Crippen LogP contribution in [0.15, 0.2) is 41.1 Å². The summed E-state index contributed by atoms with van der Waals surface area (Å²) in [6, 6.07) is 0. The van der Waals surface area contributed by atoms with Crippen molar-refractivity contribution in [2.75, 3.05) is 0 Å². The molecule has 0 aliphatic rings. The van der Waals surface area contributed by atoms with E-state index in [0.717, 1.165) is 16.7 Å². The molecule has 0 bridgehead atoms. The molecule has 0 rings (SSSR count). The summed E-state index contributed by atoms with van der Waals surface area (Å²) in [7, 11) is 0. The molecular weight excluding hydrogens is 122 g/mol. The molecule has 0 amide bonds. The molecule has 0 saturated heterocycles. The van der Waals surface area contributed by atoms with Crippen molar-refractivity contribution in [3.05, 3.63) is 36.1 Å². The molecule has 0 radical (unpaired) electrons. The quantitative estimate of drug-likeness (QED) is 0.417. The Bertz CT molecular complexity index is 197. The topological polar surface area (TPSA) is 12.4 Å². The molecule has 0 unspecified atom stereocenters. The van der Waals surface area contributed by atoms with Gasteiger partial charge in [0.2, 0.25) is 0 Å². The summed E-state index contributed by atoms with van der Waals surface area (Å²) in [5.74, 6) is 0. The highest BCUT2D eigenvalue weighted by Gasteiger charge is 1.94. The Labute approximate surface area is 62.5 Å². The van der Waals surface area contributed by atoms with Gasteiger partial charge in [0.1, 0.15) is 0 Å². The summed E-state index contributed by atoms with van der Waals surface area (Å²) in [4.78, 5) is 3.63. The van der Waals surface area contributed by atoms with Crippen molar-refractivity contribution < 1.29 is 0 Å². The van der Waals surface area contributed by atoms with Crippen molar-refractivity contribution in [3.63, 3.8) is 0 Å². The molecule has 0 saturated carbocycles. The predicted molar refractivity (Wildman–Crippen MR) is 47.3 cm³/mol. The monoisotopic (exact) mass is 135 g/mol. The van der Waals surface area contributed by atoms with E-state index in [1.807, 2.05) is 13.8 Å². The third-order valence-corrected chi connectivity index (χ3v) is 1.28. The summed E-state index contributed by atoms with van der Waals surface area (Å²) in [5, 5.41) is 0. The van der Waals surface area contributed by atoms with Gasteiger partial charge in [-0.25, -0.2) is 0 Å². The molecule has 0 N–H and O–H groups in total. The lowest BCUT2D eigenvalue weighted by molar-refractivity contribution is 1.32. The van der Waals surface area contributed by atoms with Crippen molar-refractivity contribution in [2.24, 2.45) is 4.99 Å². The van der Waals surface area contributed by atoms with Crippen molar-refractivity contribution >= 4 is 6.72 Å². The Balaban J connectivity index is 4.36. The average molecular weight is 135 g/mol. The van der Waals surface area contributed by atoms with Gasteiger partial charge in [0.05, 0.1) is 0 Å². The van der Waals surface area contributed by atoms with Gasteiger partial charge in [-0.3, -0.25) is 4.99 Å². The first kappa shape index (κ1) is 8.89. The zero-order chi connectivity index (χ0) is 8.15. The standard InChI is InChI=1S/C9H13N/c1-7(2)9(4)8(3)6-10-5/h6H,1,4-5H2,2-3H3/b8-6-. The van der Waals surface area contributed by atoms with Crippen LogP contribution in [-0.4, -0.2) is 6.72 Å². The fraction of sp³-hybridized carbons (Fsp3) is 0.222. The molecule has 54 valence electrons. The molecule has 0 heterocycles. The van der Waals surface area contributed by atoms with Crippen molar-refractivity contribution in [1.82, 2.24) is 0 Å². The van der Waals surface area contributed by atoms with Crippen LogP contribution in [0.1, 0.15) is 13.8 Å². The SMILES string of the molecule is C=N/C=C(/C)C(=C)C(=C)C. The van der Waals surface area contributed by atoms with Gasteiger partial charge in [-0.2, -0.15) is 0 Å². The van der Waals surface area contributed by atoms with Crippen LogP contribution in [0.4, 0.5) is 0 Å². The summed E-state index contributed by atoms with van der Waals surface area (Å²) in [6.45, 7) is 14.8. The van der Waals surface area contributed by atoms with E-state index >= 15 is 0 Å². The third-order valence-electron chi connectivity index (χ3n) is 1.28. The largest absolute Gasteiger partial charge is 0.272 e. The molecule has 0 fully saturated rings. The Hall–Kier alpha value is -1.11. The first-order chi connectivity index (χ1) is 4.59. The van der Waals surface area contributed by atoms with Crippen molar-refractivity contribution in [2.45, 2.75) is 13.8 Å². The average Bonchev–Trinajstić information content (AvgIpc) is 1.87. The van der Waals surface area contributed by atoms with Gasteiger partial charge in [-0.1, -0.05) is 18.7 Å². The van der Waals surface area contributed by atoms with Crippen LogP contribution in [-0.2, 0) is 0 Å². The molecule has 0 aromatic rings. The fourth-order valence-electron chi connectivity index (χ4n) is 0.551. The van der Waals surface area contributed by atoms with Crippen LogP contribution in [0.25, 0.3) is 0 Å². The van der Waals surface area contributed by atoms with E-state index < -0.39 is 0 Å². The smallest absolute Gasteiger partial charge is 0.0295 e. The van der Waals surface area contributed by atoms with Crippen LogP contribution < -0.4 is 0 Å². The summed E-state index contributed by atoms with van der Waals surface area (Å²) >= 11 is 0. The minimum atomic E-state index is 0.937. The lowest BCUT2D eigenvalue weighted by atomic mass is 10.1. The van der Waals surface area contributed by atoms with Gasteiger partial charge in [-0.05, 0) is 31.7 Å². The molecule has 0 aliphatic heterocycles. The molecule has 1 heteroatoms. The third kappa shape index (κ3) is 2.44. The Morgan fingerprint density at radius 3 is 2.10 bits per heavy atom. The lowest BCUT2D eigenvalue weighted by Crippen LogP contribution is -1.82. The first-order valence-electron chi connectivity index (χ1n) is 3.07. The second-order valence-electron chi connectivity index (χ2n) is 2.25. The molecule has 0 atom stereocenters. The number of hydrogen-bond donors (Lipinski definition) is 0. The number of nitrogens with zero attached hydrogens (tertiary/aromatic N) is 1. The fourth-order valence-corrected chi connectivity index (χ4v) is 0.551. The second kappa shape index (κ2) is 3.83. The number of aliphatic imine (C=N–C) groups is 1. The first-order valence-corrected chi connectivity index (χ1v) is 3.07. The molecule has 10 heavy (non-hydrogen) atoms. The van der Waals surface area contributed by atoms with E-state index in [1.54, 1.807) is 6.20 Å². The number of rotatable bonds is 3. The normalized spacial score (nSPS) is 10.8. The van der Waals surface area contributed by atoms with Crippen molar-refractivity contribution in [3.8, 4) is 0 Å². The highest BCUT2D eigenvalue weighted by atomic mass is 14.6. The van der Waals surface area contributed by atoms with Gasteiger partial charge in [0, 0.05) is 6.20 Å². The van der Waals surface area contributed by atoms with Gasteiger partial charge in [0.25, 0.3) is 0 Å². The maximum Gasteiger partial charge on any atom is 0.0295 e. The molecule has 0 spiro atoms. The van der Waals surface area contributed by atoms with Gasteiger partial charge < -0.3 is 0 Å². The highest BCUT2D eigenvalue weighted by molar-refractivity contribution is 5.41. The number of allylic oxidation sites excluding steroid dienone is 3. The maximum atomic E-state index is 3.82. The summed E-state index contributed by atoms with van der Waals surface area (Å²) in [5.41, 5.74) is 2.92. The Morgan fingerprint density at radius 1 is 1.30 bits per heavy atom. The Kier molecular flexibility index (Phi) is 3.40. The van der Waals surface area contributed by atoms with E-state index in [1.165, 1.54) is 0 Å². The van der Waals surface area contributed by atoms with E-state index in [2.05, 4.69) is 24.9 Å². The number of hydrogen-bond acceptors (Lipinski definition) is 1. The zero-order valence-electron chi connectivity index (χ0n) is 6.65. The highest BCUT2D eigenvalue weighted by Crippen LogP contribution is 2.13. The zero-order valence-corrected chi connectivity index (χ0v) is 6.65. The Morgan fingerprint density at radius 2 is 1.80 bits per heavy atom. The van der Waals surface area contributed by atoms with Crippen LogP contribution in [0.5, 0.6) is 0 Å². The molecule has 0 aromatic carbocycles. The van der Waals surface area contributed by atoms with Crippen LogP contribution in [0.2, 0.25) is 0 Å². The minimum absolute atomic E-state index is 0.937. The van der Waals surface area contributed by atoms with E-state index in [4.69, 9.17) is 0 Å². The lowest BCUT2D eigenvalue weighted by Gasteiger charge is -2.01. The molecule has 0 aromatic heterocycles. The van der Waals surface area contributed by atoms with Gasteiger partial charge >= 0.3 is 0 Å². The van der Waals surface area contributed by atoms with Crippen LogP contribution in [0, 0.1) is 0 Å². The van der Waals surface area contributed by atoms with E-state index in [-0.39, 0.29) is 0 Å². The second-order valence-corrected chi connectivity index (χ2v) is 2.25. The van der Waals surface area contributed by atoms with Crippen molar-refractivity contribution in [1.29, 1.82) is 0 Å². The van der Waals surface area contributed by atoms with Crippen LogP contribution >= 0.6 is 0 Å².